The zero-order chi connectivity index (χ0) is 19.4. The molecule has 0 saturated heterocycles. The van der Waals surface area contributed by atoms with Crippen molar-refractivity contribution in [3.63, 3.8) is 0 Å². The molecule has 0 aliphatic carbocycles. The van der Waals surface area contributed by atoms with Crippen molar-refractivity contribution < 1.29 is 17.7 Å². The highest BCUT2D eigenvalue weighted by Crippen LogP contribution is 2.43. The Morgan fingerprint density at radius 2 is 0.652 bits per heavy atom. The third kappa shape index (κ3) is 11.1. The molecule has 0 bridgehead atoms. The van der Waals surface area contributed by atoms with Crippen LogP contribution in [0.15, 0.2) is 0 Å². The first kappa shape index (κ1) is 25.1. The highest BCUT2D eigenvalue weighted by Gasteiger charge is 2.43. The maximum absolute atomic E-state index is 9.67. The maximum atomic E-state index is 9.67. The Balaban J connectivity index is 0. The van der Waals surface area contributed by atoms with E-state index in [9.17, 15) is 12.9 Å². The van der Waals surface area contributed by atoms with Gasteiger partial charge in [-0.1, -0.05) is 83.1 Å². The summed E-state index contributed by atoms with van der Waals surface area (Å²) in [6.45, 7) is 27.4. The van der Waals surface area contributed by atoms with Crippen LogP contribution in [0, 0.1) is 21.7 Å². The van der Waals surface area contributed by atoms with Crippen molar-refractivity contribution in [2.45, 2.75) is 95.3 Å². The van der Waals surface area contributed by atoms with E-state index >= 15 is 0 Å². The van der Waals surface area contributed by atoms with Gasteiger partial charge in [0.05, 0.1) is 12.2 Å². The van der Waals surface area contributed by atoms with Gasteiger partial charge in [-0.3, -0.25) is 12.9 Å². The van der Waals surface area contributed by atoms with Crippen molar-refractivity contribution in [3.8, 4) is 0 Å². The first-order chi connectivity index (χ1) is 9.70. The Hall–Kier alpha value is -0.185. The second kappa shape index (κ2) is 8.27. The van der Waals surface area contributed by atoms with Crippen LogP contribution in [0.3, 0.4) is 0 Å². The largest absolute Gasteiger partial charge is 0.762 e. The maximum Gasteiger partial charge on any atom is 0.762 e. The lowest BCUT2D eigenvalue weighted by Crippen LogP contribution is -2.50. The Labute approximate surface area is 143 Å². The summed E-state index contributed by atoms with van der Waals surface area (Å²) in [5, 5.41) is 0. The minimum Gasteiger partial charge on any atom is -0.373 e. The molecular weight excluding hydrogens is 300 g/mol. The molecule has 0 rings (SSSR count). The van der Waals surface area contributed by atoms with E-state index in [1.807, 2.05) is 0 Å². The van der Waals surface area contributed by atoms with Crippen molar-refractivity contribution in [1.29, 1.82) is 0 Å². The van der Waals surface area contributed by atoms with E-state index in [2.05, 4.69) is 83.1 Å². The van der Waals surface area contributed by atoms with Crippen LogP contribution < -0.4 is 0 Å². The molecule has 0 aliphatic rings. The molecule has 0 radical (unpaired) electrons. The fourth-order valence-electron chi connectivity index (χ4n) is 3.55. The summed E-state index contributed by atoms with van der Waals surface area (Å²) in [6, 6.07) is 0. The van der Waals surface area contributed by atoms with Crippen LogP contribution in [0.25, 0.3) is 0 Å². The molecular formula is C18H38BF3O. The van der Waals surface area contributed by atoms with Gasteiger partial charge in [0.25, 0.3) is 0 Å². The quantitative estimate of drug-likeness (QED) is 0.503. The topological polar surface area (TPSA) is 9.23 Å². The van der Waals surface area contributed by atoms with Gasteiger partial charge in [0.15, 0.2) is 0 Å². The van der Waals surface area contributed by atoms with Crippen LogP contribution >= 0.6 is 0 Å². The van der Waals surface area contributed by atoms with Gasteiger partial charge in [0, 0.05) is 0 Å². The second-order valence-electron chi connectivity index (χ2n) is 10.6. The molecule has 5 heteroatoms. The summed E-state index contributed by atoms with van der Waals surface area (Å²) >= 11 is 0. The third-order valence-corrected chi connectivity index (χ3v) is 3.42. The van der Waals surface area contributed by atoms with E-state index in [0.29, 0.717) is 0 Å². The first-order valence-corrected chi connectivity index (χ1v) is 8.28. The van der Waals surface area contributed by atoms with E-state index in [1.165, 1.54) is 0 Å². The van der Waals surface area contributed by atoms with E-state index < -0.39 is 7.54 Å². The summed E-state index contributed by atoms with van der Waals surface area (Å²) in [7, 11) is -3.67. The number of ether oxygens (including phenoxy) is 1. The minimum atomic E-state index is -3.67. The van der Waals surface area contributed by atoms with Crippen molar-refractivity contribution in [1.82, 2.24) is 0 Å². The average molecular weight is 338 g/mol. The summed E-state index contributed by atoms with van der Waals surface area (Å²) in [6.07, 6.45) is 0.479. The Morgan fingerprint density at radius 1 is 0.522 bits per heavy atom. The molecule has 0 aromatic heterocycles. The fourth-order valence-corrected chi connectivity index (χ4v) is 3.55. The standard InChI is InChI=1S/C18H38O.BF3/c1-15(2,3)13(16(4,5)6)19-14(17(7,8)9)18(10,11)12;2-1(3)4/h13-14H,1-12H3;. The van der Waals surface area contributed by atoms with E-state index in [0.717, 1.165) is 0 Å². The van der Waals surface area contributed by atoms with Crippen molar-refractivity contribution in [3.05, 3.63) is 0 Å². The second-order valence-corrected chi connectivity index (χ2v) is 10.6. The Morgan fingerprint density at radius 3 is 0.739 bits per heavy atom. The first-order valence-electron chi connectivity index (χ1n) is 8.28. The SMILES string of the molecule is CC(C)(C)C(OC(C(C)(C)C)C(C)(C)C)C(C)(C)C.FB(F)F. The molecule has 0 fully saturated rings. The normalized spacial score (nSPS) is 14.0. The average Bonchev–Trinajstić information content (AvgIpc) is 2.06. The zero-order valence-corrected chi connectivity index (χ0v) is 17.3. The van der Waals surface area contributed by atoms with Gasteiger partial charge in [-0.2, -0.15) is 0 Å². The van der Waals surface area contributed by atoms with Gasteiger partial charge in [-0.15, -0.1) is 0 Å². The molecule has 0 aromatic carbocycles. The third-order valence-electron chi connectivity index (χ3n) is 3.42. The van der Waals surface area contributed by atoms with Gasteiger partial charge in [0.1, 0.15) is 0 Å². The van der Waals surface area contributed by atoms with E-state index in [1.54, 1.807) is 0 Å². The smallest absolute Gasteiger partial charge is 0.373 e. The van der Waals surface area contributed by atoms with Gasteiger partial charge in [-0.25, -0.2) is 0 Å². The number of hydrogen-bond acceptors (Lipinski definition) is 1. The highest BCUT2D eigenvalue weighted by atomic mass is 19.4. The summed E-state index contributed by atoms with van der Waals surface area (Å²) < 4.78 is 35.7. The van der Waals surface area contributed by atoms with E-state index in [4.69, 9.17) is 4.74 Å². The van der Waals surface area contributed by atoms with Crippen LogP contribution in [-0.2, 0) is 4.74 Å². The Kier molecular flexibility index (Phi) is 9.01. The molecule has 0 spiro atoms. The molecule has 140 valence electrons. The Bertz CT molecular complexity index is 269. The minimum absolute atomic E-state index is 0.146. The highest BCUT2D eigenvalue weighted by molar-refractivity contribution is 6.33. The van der Waals surface area contributed by atoms with Crippen molar-refractivity contribution in [2.75, 3.05) is 0 Å². The van der Waals surface area contributed by atoms with Gasteiger partial charge < -0.3 is 4.74 Å². The molecule has 0 amide bonds. The summed E-state index contributed by atoms with van der Waals surface area (Å²) in [4.78, 5) is 0. The molecule has 0 aliphatic heterocycles. The van der Waals surface area contributed by atoms with Crippen molar-refractivity contribution >= 4 is 7.54 Å². The van der Waals surface area contributed by atoms with Crippen LogP contribution in [0.4, 0.5) is 12.9 Å². The molecule has 0 aromatic rings. The van der Waals surface area contributed by atoms with Crippen molar-refractivity contribution in [2.24, 2.45) is 21.7 Å². The lowest BCUT2D eigenvalue weighted by Gasteiger charge is -2.49. The molecule has 0 heterocycles. The molecule has 0 atom stereocenters. The van der Waals surface area contributed by atoms with Gasteiger partial charge in [-0.05, 0) is 21.7 Å². The summed E-state index contributed by atoms with van der Waals surface area (Å²) in [5.41, 5.74) is 0.583. The fraction of sp³-hybridized carbons (Fsp3) is 1.00. The lowest BCUT2D eigenvalue weighted by molar-refractivity contribution is -0.181. The monoisotopic (exact) mass is 338 g/mol. The van der Waals surface area contributed by atoms with Crippen LogP contribution in [-0.4, -0.2) is 19.8 Å². The number of halogens is 3. The summed E-state index contributed by atoms with van der Waals surface area (Å²) in [5.74, 6) is 0. The van der Waals surface area contributed by atoms with E-state index in [-0.39, 0.29) is 33.9 Å². The molecule has 0 saturated carbocycles. The number of hydrogen-bond donors (Lipinski definition) is 0. The van der Waals surface area contributed by atoms with Gasteiger partial charge in [0.2, 0.25) is 0 Å². The predicted molar refractivity (Wildman–Crippen MR) is 95.6 cm³/mol. The molecule has 0 N–H and O–H groups in total. The zero-order valence-electron chi connectivity index (χ0n) is 17.3. The predicted octanol–water partition coefficient (Wildman–Crippen LogP) is 6.80. The van der Waals surface area contributed by atoms with Crippen LogP contribution in [0.5, 0.6) is 0 Å². The molecule has 1 nitrogen and oxygen atoms in total. The number of rotatable bonds is 2. The van der Waals surface area contributed by atoms with Gasteiger partial charge >= 0.3 is 7.54 Å². The molecule has 23 heavy (non-hydrogen) atoms. The van der Waals surface area contributed by atoms with Crippen LogP contribution in [0.2, 0.25) is 0 Å². The molecule has 0 unspecified atom stereocenters. The van der Waals surface area contributed by atoms with Crippen LogP contribution in [0.1, 0.15) is 83.1 Å². The lowest BCUT2D eigenvalue weighted by atomic mass is 9.71.